The van der Waals surface area contributed by atoms with Gasteiger partial charge >= 0.3 is 0 Å². The molecule has 0 aromatic carbocycles. The van der Waals surface area contributed by atoms with Crippen molar-refractivity contribution in [3.05, 3.63) is 29.2 Å². The SMILES string of the molecule is Cc1c[n+](=O)ccn1C. The van der Waals surface area contributed by atoms with Crippen LogP contribution in [0.2, 0.25) is 0 Å². The van der Waals surface area contributed by atoms with Crippen LogP contribution in [0.25, 0.3) is 0 Å². The van der Waals surface area contributed by atoms with Crippen molar-refractivity contribution in [2.45, 2.75) is 6.92 Å². The van der Waals surface area contributed by atoms with Gasteiger partial charge in [-0.3, -0.25) is 0 Å². The lowest BCUT2D eigenvalue weighted by Crippen LogP contribution is -2.15. The highest BCUT2D eigenvalue weighted by Crippen LogP contribution is 1.86. The number of aromatic nitrogens is 2. The number of hydrogen-bond donors (Lipinski definition) is 0. The van der Waals surface area contributed by atoms with Crippen molar-refractivity contribution >= 4 is 0 Å². The molecule has 0 N–H and O–H groups in total. The maximum atomic E-state index is 10.5. The van der Waals surface area contributed by atoms with E-state index in [9.17, 15) is 4.91 Å². The lowest BCUT2D eigenvalue weighted by Gasteiger charge is -1.93. The quantitative estimate of drug-likeness (QED) is 0.457. The Bertz CT molecular complexity index is 264. The maximum Gasteiger partial charge on any atom is 0.246 e. The van der Waals surface area contributed by atoms with Gasteiger partial charge in [-0.05, 0) is 6.92 Å². The second kappa shape index (κ2) is 2.01. The zero-order valence-electron chi connectivity index (χ0n) is 5.53. The Balaban J connectivity index is 3.34. The molecule has 0 bridgehead atoms. The van der Waals surface area contributed by atoms with Gasteiger partial charge < -0.3 is 4.57 Å². The third-order valence-corrected chi connectivity index (χ3v) is 1.31. The van der Waals surface area contributed by atoms with Gasteiger partial charge in [-0.15, -0.1) is 0 Å². The summed E-state index contributed by atoms with van der Waals surface area (Å²) in [5.41, 5.74) is 0.951. The van der Waals surface area contributed by atoms with Gasteiger partial charge in [0, 0.05) is 12.0 Å². The molecule has 48 valence electrons. The normalized spacial score (nSPS) is 9.56. The summed E-state index contributed by atoms with van der Waals surface area (Å²) >= 11 is 0. The Labute approximate surface area is 53.2 Å². The molecule has 1 heterocycles. The fourth-order valence-electron chi connectivity index (χ4n) is 0.602. The summed E-state index contributed by atoms with van der Waals surface area (Å²) in [5, 5.41) is 0. The predicted molar refractivity (Wildman–Crippen MR) is 33.5 cm³/mol. The predicted octanol–water partition coefficient (Wildman–Crippen LogP) is 0.248. The summed E-state index contributed by atoms with van der Waals surface area (Å²) in [7, 11) is 1.90. The van der Waals surface area contributed by atoms with Crippen LogP contribution in [0.4, 0.5) is 0 Å². The molecule has 3 heteroatoms. The van der Waals surface area contributed by atoms with Gasteiger partial charge in [0.25, 0.3) is 0 Å². The van der Waals surface area contributed by atoms with Crippen molar-refractivity contribution in [3.8, 4) is 0 Å². The number of nitrogens with zero attached hydrogens (tertiary/aromatic N) is 2. The third kappa shape index (κ3) is 1.16. The van der Waals surface area contributed by atoms with E-state index in [-0.39, 0.29) is 0 Å². The smallest absolute Gasteiger partial charge is 0.246 e. The monoisotopic (exact) mass is 125 g/mol. The molecule has 1 aromatic heterocycles. The Morgan fingerprint density at radius 3 is 2.78 bits per heavy atom. The summed E-state index contributed by atoms with van der Waals surface area (Å²) in [4.78, 5) is 10.5. The molecular weight excluding hydrogens is 116 g/mol. The molecule has 0 amide bonds. The Morgan fingerprint density at radius 2 is 2.33 bits per heavy atom. The largest absolute Gasteiger partial charge is 0.344 e. The van der Waals surface area contributed by atoms with Crippen molar-refractivity contribution < 1.29 is 4.43 Å². The highest BCUT2D eigenvalue weighted by molar-refractivity contribution is 4.88. The van der Waals surface area contributed by atoms with E-state index in [0.29, 0.717) is 0 Å². The van der Waals surface area contributed by atoms with Crippen molar-refractivity contribution in [1.82, 2.24) is 4.57 Å². The number of aryl methyl sites for hydroxylation is 2. The summed E-state index contributed by atoms with van der Waals surface area (Å²) < 4.78 is 2.67. The lowest BCUT2D eigenvalue weighted by atomic mass is 10.5. The highest BCUT2D eigenvalue weighted by atomic mass is 16.3. The minimum atomic E-state index is 0.787. The van der Waals surface area contributed by atoms with E-state index in [1.807, 2.05) is 18.5 Å². The Morgan fingerprint density at radius 1 is 1.67 bits per heavy atom. The van der Waals surface area contributed by atoms with Crippen LogP contribution in [0.15, 0.2) is 18.6 Å². The molecule has 0 saturated heterocycles. The van der Waals surface area contributed by atoms with Crippen LogP contribution >= 0.6 is 0 Å². The topological polar surface area (TPSA) is 27.9 Å². The van der Waals surface area contributed by atoms with Crippen LogP contribution in [0.3, 0.4) is 0 Å². The molecule has 3 nitrogen and oxygen atoms in total. The van der Waals surface area contributed by atoms with Gasteiger partial charge in [0.15, 0.2) is 0 Å². The van der Waals surface area contributed by atoms with Crippen LogP contribution in [-0.2, 0) is 7.05 Å². The van der Waals surface area contributed by atoms with Gasteiger partial charge in [0.1, 0.15) is 0 Å². The van der Waals surface area contributed by atoms with Crippen LogP contribution in [0.1, 0.15) is 5.69 Å². The van der Waals surface area contributed by atoms with Crippen molar-refractivity contribution in [2.75, 3.05) is 0 Å². The third-order valence-electron chi connectivity index (χ3n) is 1.31. The summed E-state index contributed by atoms with van der Waals surface area (Å²) in [6.45, 7) is 1.88. The zero-order chi connectivity index (χ0) is 6.85. The average Bonchev–Trinajstić information content (AvgIpc) is 1.80. The van der Waals surface area contributed by atoms with E-state index in [1.165, 1.54) is 12.4 Å². The summed E-state index contributed by atoms with van der Waals surface area (Å²) in [6.07, 6.45) is 4.72. The molecule has 0 atom stereocenters. The molecule has 0 aliphatic rings. The molecule has 0 fully saturated rings. The van der Waals surface area contributed by atoms with Gasteiger partial charge in [-0.1, -0.05) is 0 Å². The second-order valence-corrected chi connectivity index (χ2v) is 2.04. The summed E-state index contributed by atoms with van der Waals surface area (Å²) in [5.74, 6) is 0. The van der Waals surface area contributed by atoms with E-state index in [4.69, 9.17) is 0 Å². The van der Waals surface area contributed by atoms with Crippen molar-refractivity contribution in [3.63, 3.8) is 0 Å². The molecule has 0 saturated carbocycles. The maximum absolute atomic E-state index is 10.5. The molecular formula is C6H9N2O+. The minimum absolute atomic E-state index is 0.787. The molecule has 0 aliphatic heterocycles. The Hall–Kier alpha value is -1.12. The van der Waals surface area contributed by atoms with E-state index in [1.54, 1.807) is 6.20 Å². The fraction of sp³-hybridized carbons (Fsp3) is 0.333. The zero-order valence-corrected chi connectivity index (χ0v) is 5.53. The standard InChI is InChI=1S/C6H9N2O/c1-6-5-8(9)4-3-7(6)2/h3-5H,1-2H3/q+1. The molecule has 0 aliphatic carbocycles. The van der Waals surface area contributed by atoms with Crippen molar-refractivity contribution in [1.29, 1.82) is 0 Å². The highest BCUT2D eigenvalue weighted by Gasteiger charge is 1.94. The molecule has 0 spiro atoms. The van der Waals surface area contributed by atoms with Crippen molar-refractivity contribution in [2.24, 2.45) is 7.05 Å². The molecule has 0 unspecified atom stereocenters. The van der Waals surface area contributed by atoms with Crippen LogP contribution in [0, 0.1) is 11.8 Å². The van der Waals surface area contributed by atoms with Crippen LogP contribution < -0.4 is 4.43 Å². The van der Waals surface area contributed by atoms with Crippen LogP contribution in [0.5, 0.6) is 0 Å². The Kier molecular flexibility index (Phi) is 1.34. The minimum Gasteiger partial charge on any atom is -0.344 e. The molecule has 1 aromatic rings. The van der Waals surface area contributed by atoms with E-state index < -0.39 is 0 Å². The molecule has 1 rings (SSSR count). The fourth-order valence-corrected chi connectivity index (χ4v) is 0.602. The number of rotatable bonds is 0. The first kappa shape index (κ1) is 6.01. The first-order valence-corrected chi connectivity index (χ1v) is 2.75. The van der Waals surface area contributed by atoms with Gasteiger partial charge in [0.05, 0.1) is 16.3 Å². The van der Waals surface area contributed by atoms with Gasteiger partial charge in [-0.25, -0.2) is 0 Å². The second-order valence-electron chi connectivity index (χ2n) is 2.04. The molecule has 9 heavy (non-hydrogen) atoms. The van der Waals surface area contributed by atoms with E-state index >= 15 is 0 Å². The molecule has 0 radical (unpaired) electrons. The van der Waals surface area contributed by atoms with E-state index in [0.717, 1.165) is 10.1 Å². The van der Waals surface area contributed by atoms with Crippen LogP contribution in [-0.4, -0.2) is 4.57 Å². The lowest BCUT2D eigenvalue weighted by molar-refractivity contribution is -0.496. The van der Waals surface area contributed by atoms with E-state index in [2.05, 4.69) is 0 Å². The average molecular weight is 125 g/mol. The van der Waals surface area contributed by atoms with Gasteiger partial charge in [0.2, 0.25) is 12.4 Å². The first-order chi connectivity index (χ1) is 4.20. The first-order valence-electron chi connectivity index (χ1n) is 2.75. The summed E-state index contributed by atoms with van der Waals surface area (Å²) in [6, 6.07) is 0. The number of hydrogen-bond acceptors (Lipinski definition) is 1. The van der Waals surface area contributed by atoms with Gasteiger partial charge in [-0.2, -0.15) is 0 Å².